The molecule has 2 aromatic rings. The third kappa shape index (κ3) is 3.15. The first-order valence-electron chi connectivity index (χ1n) is 9.52. The molecule has 1 aromatic carbocycles. The van der Waals surface area contributed by atoms with Crippen molar-refractivity contribution >= 4 is 28.6 Å². The third-order valence-electron chi connectivity index (χ3n) is 6.25. The second kappa shape index (κ2) is 7.12. The molecule has 0 saturated carbocycles. The van der Waals surface area contributed by atoms with Crippen molar-refractivity contribution in [3.8, 4) is 0 Å². The summed E-state index contributed by atoms with van der Waals surface area (Å²) in [7, 11) is 0. The van der Waals surface area contributed by atoms with Gasteiger partial charge in [-0.05, 0) is 37.6 Å². The minimum atomic E-state index is -5.08. The van der Waals surface area contributed by atoms with Gasteiger partial charge in [0.2, 0.25) is 0 Å². The van der Waals surface area contributed by atoms with Gasteiger partial charge in [-0.25, -0.2) is 4.79 Å². The standard InChI is InChI=1S/C18H18N2O3.C2HF3O2/c21-17-10-5-7-20-8-6-11(17)16(20)13-9-3-1-2-4-12(9)19-15(13)14(10)18(22)23;3-2(4,5)1(6)7/h1-4,10-11,14,16,19H,5-8H2,(H,22,23);(H,6,7)/t10-,11+,14+,16-;/m1./s1. The number of benzene rings is 1. The van der Waals surface area contributed by atoms with Crippen molar-refractivity contribution in [2.45, 2.75) is 31.0 Å². The van der Waals surface area contributed by atoms with Crippen LogP contribution in [0.4, 0.5) is 13.2 Å². The van der Waals surface area contributed by atoms with Crippen LogP contribution in [0.15, 0.2) is 24.3 Å². The number of H-pyrrole nitrogens is 1. The number of alkyl halides is 3. The maximum absolute atomic E-state index is 13.0. The van der Waals surface area contributed by atoms with Gasteiger partial charge in [0, 0.05) is 34.5 Å². The number of Topliss-reactive ketones (excluding diaryl/α,β-unsaturated/α-hetero) is 1. The maximum atomic E-state index is 13.0. The van der Waals surface area contributed by atoms with Crippen LogP contribution in [0.1, 0.15) is 36.1 Å². The molecule has 7 nitrogen and oxygen atoms in total. The first kappa shape index (κ1) is 20.4. The Balaban J connectivity index is 0.000000272. The van der Waals surface area contributed by atoms with Crippen LogP contribution < -0.4 is 0 Å². The molecule has 0 spiro atoms. The number of hydrogen-bond acceptors (Lipinski definition) is 4. The molecule has 0 amide bonds. The number of carbonyl (C=O) groups is 3. The lowest BCUT2D eigenvalue weighted by Gasteiger charge is -2.29. The summed E-state index contributed by atoms with van der Waals surface area (Å²) in [5.41, 5.74) is 2.80. The quantitative estimate of drug-likeness (QED) is 0.649. The number of carboxylic acid groups (broad SMARTS) is 2. The summed E-state index contributed by atoms with van der Waals surface area (Å²) in [6, 6.07) is 8.02. The fourth-order valence-electron chi connectivity index (χ4n) is 5.09. The van der Waals surface area contributed by atoms with Gasteiger partial charge in [-0.1, -0.05) is 18.2 Å². The lowest BCUT2D eigenvalue weighted by Crippen LogP contribution is -2.33. The SMILES string of the molecule is O=C(O)C(F)(F)F.O=C(O)[C@@H]1c2[nH]c3ccccc3c2[C@H]2[C@@H]3CCN2CC[C@H]1C3=O. The minimum absolute atomic E-state index is 0.0444. The normalized spacial score (nSPS) is 29.6. The Hall–Kier alpha value is -2.88. The van der Waals surface area contributed by atoms with Crippen molar-refractivity contribution in [2.75, 3.05) is 13.1 Å². The van der Waals surface area contributed by atoms with Gasteiger partial charge in [0.05, 0.1) is 0 Å². The number of rotatable bonds is 1. The molecule has 3 heterocycles. The number of nitrogens with one attached hydrogen (secondary N) is 1. The fourth-order valence-corrected chi connectivity index (χ4v) is 5.09. The van der Waals surface area contributed by atoms with Crippen molar-refractivity contribution < 1.29 is 37.8 Å². The molecule has 1 unspecified atom stereocenters. The Kier molecular flexibility index (Phi) is 4.84. The van der Waals surface area contributed by atoms with E-state index < -0.39 is 30.0 Å². The van der Waals surface area contributed by atoms with E-state index in [1.54, 1.807) is 0 Å². The molecule has 1 aromatic heterocycles. The lowest BCUT2D eigenvalue weighted by molar-refractivity contribution is -0.192. The first-order chi connectivity index (χ1) is 14.1. The molecule has 5 rings (SSSR count). The highest BCUT2D eigenvalue weighted by Gasteiger charge is 2.53. The summed E-state index contributed by atoms with van der Waals surface area (Å²) in [4.78, 5) is 39.6. The van der Waals surface area contributed by atoms with Crippen LogP contribution in [0.5, 0.6) is 0 Å². The Bertz CT molecular complexity index is 1030. The van der Waals surface area contributed by atoms with Gasteiger partial charge in [-0.3, -0.25) is 14.5 Å². The highest BCUT2D eigenvalue weighted by molar-refractivity contribution is 5.96. The second-order valence-corrected chi connectivity index (χ2v) is 7.79. The van der Waals surface area contributed by atoms with Gasteiger partial charge in [0.15, 0.2) is 0 Å². The number of nitrogens with zero attached hydrogens (tertiary/aromatic N) is 1. The van der Waals surface area contributed by atoms with E-state index in [9.17, 15) is 27.9 Å². The fraction of sp³-hybridized carbons (Fsp3) is 0.450. The Morgan fingerprint density at radius 1 is 1.07 bits per heavy atom. The highest BCUT2D eigenvalue weighted by atomic mass is 19.4. The van der Waals surface area contributed by atoms with Gasteiger partial charge in [0.1, 0.15) is 11.7 Å². The van der Waals surface area contributed by atoms with Crippen LogP contribution in [0.25, 0.3) is 10.9 Å². The lowest BCUT2D eigenvalue weighted by atomic mass is 9.81. The van der Waals surface area contributed by atoms with Crippen LogP contribution in [-0.4, -0.2) is 57.1 Å². The number of carbonyl (C=O) groups excluding carboxylic acids is 1. The third-order valence-corrected chi connectivity index (χ3v) is 6.25. The molecule has 3 N–H and O–H groups in total. The second-order valence-electron chi connectivity index (χ2n) is 7.79. The molecule has 160 valence electrons. The molecule has 2 saturated heterocycles. The maximum Gasteiger partial charge on any atom is 0.490 e. The number of carboxylic acids is 2. The number of para-hydroxylation sites is 1. The van der Waals surface area contributed by atoms with E-state index in [0.717, 1.165) is 41.7 Å². The van der Waals surface area contributed by atoms with Gasteiger partial charge in [-0.2, -0.15) is 13.2 Å². The van der Waals surface area contributed by atoms with Crippen molar-refractivity contribution in [3.63, 3.8) is 0 Å². The number of hydrogen-bond donors (Lipinski definition) is 3. The molecule has 4 bridgehead atoms. The van der Waals surface area contributed by atoms with E-state index in [2.05, 4.69) is 9.88 Å². The van der Waals surface area contributed by atoms with E-state index in [1.807, 2.05) is 24.3 Å². The zero-order valence-corrected chi connectivity index (χ0v) is 15.6. The highest BCUT2D eigenvalue weighted by Crippen LogP contribution is 2.52. The van der Waals surface area contributed by atoms with E-state index in [-0.39, 0.29) is 17.7 Å². The van der Waals surface area contributed by atoms with Crippen molar-refractivity contribution in [2.24, 2.45) is 11.8 Å². The summed E-state index contributed by atoms with van der Waals surface area (Å²) in [5.74, 6) is -4.67. The van der Waals surface area contributed by atoms with Crippen LogP contribution >= 0.6 is 0 Å². The largest absolute Gasteiger partial charge is 0.490 e. The van der Waals surface area contributed by atoms with Gasteiger partial charge in [0.25, 0.3) is 0 Å². The topological polar surface area (TPSA) is 111 Å². The smallest absolute Gasteiger partial charge is 0.481 e. The zero-order valence-electron chi connectivity index (χ0n) is 15.6. The average Bonchev–Trinajstić information content (AvgIpc) is 3.16. The van der Waals surface area contributed by atoms with Crippen molar-refractivity contribution in [3.05, 3.63) is 35.5 Å². The molecule has 0 radical (unpaired) electrons. The predicted molar refractivity (Wildman–Crippen MR) is 97.9 cm³/mol. The van der Waals surface area contributed by atoms with Gasteiger partial charge < -0.3 is 15.2 Å². The number of aromatic nitrogens is 1. The molecule has 3 aliphatic rings. The van der Waals surface area contributed by atoms with Crippen LogP contribution in [0.2, 0.25) is 0 Å². The molecule has 30 heavy (non-hydrogen) atoms. The molecular weight excluding hydrogens is 405 g/mol. The molecule has 5 atom stereocenters. The minimum Gasteiger partial charge on any atom is -0.481 e. The van der Waals surface area contributed by atoms with Crippen LogP contribution in [0.3, 0.4) is 0 Å². The summed E-state index contributed by atoms with van der Waals surface area (Å²) in [6.45, 7) is 1.75. The number of aromatic amines is 1. The Morgan fingerprint density at radius 2 is 1.67 bits per heavy atom. The molecule has 2 aliphatic heterocycles. The average molecular weight is 424 g/mol. The number of aliphatic carboxylic acids is 2. The van der Waals surface area contributed by atoms with Crippen LogP contribution in [-0.2, 0) is 14.4 Å². The number of halogens is 3. The summed E-state index contributed by atoms with van der Waals surface area (Å²) >= 11 is 0. The molecule has 2 fully saturated rings. The molecular formula is C20H19F3N2O5. The van der Waals surface area contributed by atoms with E-state index in [0.29, 0.717) is 6.42 Å². The Labute approximate surface area is 168 Å². The van der Waals surface area contributed by atoms with Crippen molar-refractivity contribution in [1.82, 2.24) is 9.88 Å². The molecule has 10 heteroatoms. The Morgan fingerprint density at radius 3 is 2.27 bits per heavy atom. The number of fused-ring (bicyclic) bond motifs is 4. The van der Waals surface area contributed by atoms with E-state index in [4.69, 9.17) is 9.90 Å². The van der Waals surface area contributed by atoms with Crippen molar-refractivity contribution in [1.29, 1.82) is 0 Å². The predicted octanol–water partition coefficient (Wildman–Crippen LogP) is 2.94. The van der Waals surface area contributed by atoms with Gasteiger partial charge >= 0.3 is 18.1 Å². The summed E-state index contributed by atoms with van der Waals surface area (Å²) in [5, 5.41) is 18.0. The zero-order chi connectivity index (χ0) is 21.8. The van der Waals surface area contributed by atoms with Gasteiger partial charge in [-0.15, -0.1) is 0 Å². The summed E-state index contributed by atoms with van der Waals surface area (Å²) < 4.78 is 31.7. The van der Waals surface area contributed by atoms with E-state index >= 15 is 0 Å². The monoisotopic (exact) mass is 424 g/mol. The van der Waals surface area contributed by atoms with Crippen LogP contribution in [0, 0.1) is 11.8 Å². The molecule has 1 aliphatic carbocycles. The number of ketones is 1. The first-order valence-corrected chi connectivity index (χ1v) is 9.52. The van der Waals surface area contributed by atoms with E-state index in [1.165, 1.54) is 0 Å². The summed E-state index contributed by atoms with van der Waals surface area (Å²) in [6.07, 6.45) is -3.58.